The van der Waals surface area contributed by atoms with Crippen molar-refractivity contribution in [2.45, 2.75) is 17.3 Å². The molecule has 0 aliphatic carbocycles. The van der Waals surface area contributed by atoms with E-state index in [0.29, 0.717) is 4.90 Å². The normalized spacial score (nSPS) is 18.6. The lowest BCUT2D eigenvalue weighted by molar-refractivity contribution is -0.0379. The van der Waals surface area contributed by atoms with Crippen molar-refractivity contribution in [3.8, 4) is 0 Å². The molecule has 4 heteroatoms. The molecule has 80 valence electrons. The average molecular weight is 222 g/mol. The summed E-state index contributed by atoms with van der Waals surface area (Å²) >= 11 is 0. The van der Waals surface area contributed by atoms with Gasteiger partial charge in [0.05, 0.1) is 0 Å². The van der Waals surface area contributed by atoms with Crippen molar-refractivity contribution in [2.24, 2.45) is 0 Å². The second-order valence-corrected chi connectivity index (χ2v) is 6.82. The van der Waals surface area contributed by atoms with Crippen molar-refractivity contribution in [3.63, 3.8) is 0 Å². The van der Waals surface area contributed by atoms with E-state index in [1.54, 1.807) is 37.3 Å². The van der Waals surface area contributed by atoms with E-state index in [4.69, 9.17) is 0 Å². The fourth-order valence-corrected chi connectivity index (χ4v) is 2.87. The molecule has 0 bridgehead atoms. The summed E-state index contributed by atoms with van der Waals surface area (Å²) in [5, 5.41) is 0. The van der Waals surface area contributed by atoms with Gasteiger partial charge in [-0.15, -0.1) is 10.0 Å². The van der Waals surface area contributed by atoms with E-state index in [1.165, 1.54) is 6.26 Å². The standard InChI is InChI=1S/C10H13F3S/c1-3-14(2,10(11,12)13)9-7-5-4-6-8-9/h4-8H,3H2,1-2H3. The van der Waals surface area contributed by atoms with Crippen LogP contribution in [0.3, 0.4) is 0 Å². The summed E-state index contributed by atoms with van der Waals surface area (Å²) in [4.78, 5) is 0.412. The van der Waals surface area contributed by atoms with Crippen LogP contribution in [0.15, 0.2) is 35.2 Å². The molecular weight excluding hydrogens is 209 g/mol. The summed E-state index contributed by atoms with van der Waals surface area (Å²) in [5.74, 6) is 0.139. The zero-order chi connectivity index (χ0) is 10.8. The van der Waals surface area contributed by atoms with Crippen LogP contribution in [0.1, 0.15) is 6.92 Å². The largest absolute Gasteiger partial charge is 0.429 e. The van der Waals surface area contributed by atoms with E-state index in [9.17, 15) is 13.2 Å². The van der Waals surface area contributed by atoms with Gasteiger partial charge in [0.1, 0.15) is 0 Å². The zero-order valence-electron chi connectivity index (χ0n) is 8.14. The molecule has 0 aromatic heterocycles. The van der Waals surface area contributed by atoms with Gasteiger partial charge in [-0.3, -0.25) is 0 Å². The van der Waals surface area contributed by atoms with Gasteiger partial charge in [0.2, 0.25) is 0 Å². The molecule has 14 heavy (non-hydrogen) atoms. The van der Waals surface area contributed by atoms with Gasteiger partial charge in [0.15, 0.2) is 0 Å². The number of hydrogen-bond acceptors (Lipinski definition) is 0. The maximum atomic E-state index is 12.8. The molecule has 0 spiro atoms. The summed E-state index contributed by atoms with van der Waals surface area (Å²) in [6, 6.07) is 8.16. The van der Waals surface area contributed by atoms with Gasteiger partial charge >= 0.3 is 5.51 Å². The molecule has 1 aromatic rings. The van der Waals surface area contributed by atoms with E-state index >= 15 is 0 Å². The van der Waals surface area contributed by atoms with Crippen LogP contribution in [-0.2, 0) is 0 Å². The van der Waals surface area contributed by atoms with Crippen molar-refractivity contribution in [2.75, 3.05) is 12.0 Å². The molecule has 1 unspecified atom stereocenters. The van der Waals surface area contributed by atoms with Crippen LogP contribution < -0.4 is 0 Å². The molecule has 0 aliphatic heterocycles. The van der Waals surface area contributed by atoms with Gasteiger partial charge < -0.3 is 0 Å². The van der Waals surface area contributed by atoms with Crippen LogP contribution in [0.4, 0.5) is 13.2 Å². The first-order chi connectivity index (χ1) is 6.42. The van der Waals surface area contributed by atoms with Crippen molar-refractivity contribution in [3.05, 3.63) is 30.3 Å². The molecule has 0 fully saturated rings. The summed E-state index contributed by atoms with van der Waals surface area (Å²) < 4.78 is 38.5. The van der Waals surface area contributed by atoms with Crippen molar-refractivity contribution < 1.29 is 13.2 Å². The lowest BCUT2D eigenvalue weighted by atomic mass is 10.4. The maximum Gasteiger partial charge on any atom is 0.429 e. The van der Waals surface area contributed by atoms with Crippen LogP contribution in [-0.4, -0.2) is 17.5 Å². The highest BCUT2D eigenvalue weighted by Crippen LogP contribution is 2.64. The van der Waals surface area contributed by atoms with Crippen LogP contribution >= 0.6 is 10.0 Å². The third kappa shape index (κ3) is 1.90. The second-order valence-electron chi connectivity index (χ2n) is 3.14. The first-order valence-electron chi connectivity index (χ1n) is 4.29. The molecule has 0 saturated heterocycles. The minimum absolute atomic E-state index is 0.139. The number of rotatable bonds is 2. The summed E-state index contributed by atoms with van der Waals surface area (Å²) in [6.45, 7) is 1.59. The number of benzene rings is 1. The highest BCUT2D eigenvalue weighted by molar-refractivity contribution is 8.33. The van der Waals surface area contributed by atoms with Gasteiger partial charge in [0, 0.05) is 0 Å². The Bertz CT molecular complexity index is 294. The molecule has 0 nitrogen and oxygen atoms in total. The molecule has 0 saturated carbocycles. The quantitative estimate of drug-likeness (QED) is 0.709. The molecule has 1 rings (SSSR count). The Morgan fingerprint density at radius 1 is 1.14 bits per heavy atom. The van der Waals surface area contributed by atoms with Gasteiger partial charge in [0.25, 0.3) is 0 Å². The Morgan fingerprint density at radius 2 is 1.64 bits per heavy atom. The molecule has 1 atom stereocenters. The van der Waals surface area contributed by atoms with E-state index in [-0.39, 0.29) is 5.75 Å². The third-order valence-corrected chi connectivity index (χ3v) is 5.84. The lowest BCUT2D eigenvalue weighted by Gasteiger charge is -2.36. The van der Waals surface area contributed by atoms with Crippen molar-refractivity contribution in [1.82, 2.24) is 0 Å². The van der Waals surface area contributed by atoms with Crippen LogP contribution in [0.5, 0.6) is 0 Å². The summed E-state index contributed by atoms with van der Waals surface area (Å²) in [7, 11) is -2.67. The van der Waals surface area contributed by atoms with Crippen LogP contribution in [0, 0.1) is 0 Å². The first-order valence-corrected chi connectivity index (χ1v) is 6.50. The van der Waals surface area contributed by atoms with E-state index in [2.05, 4.69) is 0 Å². The third-order valence-electron chi connectivity index (χ3n) is 2.35. The minimum Gasteiger partial charge on any atom is -0.161 e. The number of alkyl halides is 3. The minimum atomic E-state index is -4.11. The molecule has 0 aliphatic rings. The smallest absolute Gasteiger partial charge is 0.161 e. The summed E-state index contributed by atoms with van der Waals surface area (Å²) in [5.41, 5.74) is -4.11. The van der Waals surface area contributed by atoms with Crippen LogP contribution in [0.2, 0.25) is 0 Å². The second kappa shape index (κ2) is 3.85. The predicted octanol–water partition coefficient (Wildman–Crippen LogP) is 4.02. The number of halogens is 3. The Balaban J connectivity index is 3.15. The average Bonchev–Trinajstić information content (AvgIpc) is 2.16. The Morgan fingerprint density at radius 3 is 2.00 bits per heavy atom. The lowest BCUT2D eigenvalue weighted by Crippen LogP contribution is -2.21. The van der Waals surface area contributed by atoms with E-state index < -0.39 is 15.5 Å². The van der Waals surface area contributed by atoms with Crippen LogP contribution in [0.25, 0.3) is 0 Å². The Labute approximate surface area is 83.4 Å². The monoisotopic (exact) mass is 222 g/mol. The SMILES string of the molecule is CCS(C)(c1ccccc1)C(F)(F)F. The zero-order valence-corrected chi connectivity index (χ0v) is 8.95. The van der Waals surface area contributed by atoms with Gasteiger partial charge in [-0.25, -0.2) is 0 Å². The molecule has 0 amide bonds. The first kappa shape index (κ1) is 11.4. The van der Waals surface area contributed by atoms with Gasteiger partial charge in [-0.1, -0.05) is 25.1 Å². The van der Waals surface area contributed by atoms with Gasteiger partial charge in [-0.2, -0.15) is 13.2 Å². The summed E-state index contributed by atoms with van der Waals surface area (Å²) in [6.07, 6.45) is 1.32. The molecule has 0 radical (unpaired) electrons. The Kier molecular flexibility index (Phi) is 3.14. The molecule has 1 aromatic carbocycles. The van der Waals surface area contributed by atoms with E-state index in [0.717, 1.165) is 0 Å². The maximum absolute atomic E-state index is 12.8. The van der Waals surface area contributed by atoms with Crippen molar-refractivity contribution >= 4 is 10.0 Å². The van der Waals surface area contributed by atoms with Gasteiger partial charge in [-0.05, 0) is 29.0 Å². The predicted molar refractivity (Wildman–Crippen MR) is 54.8 cm³/mol. The number of hydrogen-bond donors (Lipinski definition) is 0. The highest BCUT2D eigenvalue weighted by Gasteiger charge is 2.46. The topological polar surface area (TPSA) is 0 Å². The van der Waals surface area contributed by atoms with Crippen molar-refractivity contribution in [1.29, 1.82) is 0 Å². The molecular formula is C10H13F3S. The molecule has 0 heterocycles. The fraction of sp³-hybridized carbons (Fsp3) is 0.400. The van der Waals surface area contributed by atoms with E-state index in [1.807, 2.05) is 0 Å². The fourth-order valence-electron chi connectivity index (χ4n) is 1.18. The highest BCUT2D eigenvalue weighted by atomic mass is 32.3. The molecule has 0 N–H and O–H groups in total. The Hall–Kier alpha value is -0.640.